The largest absolute Gasteiger partial charge is 0.480 e. The number of sulfonamides is 1. The van der Waals surface area contributed by atoms with E-state index in [9.17, 15) is 26.0 Å². The Balaban J connectivity index is 2.98. The number of aromatic nitrogens is 1. The van der Waals surface area contributed by atoms with Crippen LogP contribution in [0, 0.1) is 5.82 Å². The van der Waals surface area contributed by atoms with E-state index < -0.39 is 54.9 Å². The molecule has 0 aliphatic heterocycles. The number of rotatable bonds is 7. The molecule has 1 aromatic heterocycles. The van der Waals surface area contributed by atoms with Crippen molar-refractivity contribution in [2.45, 2.75) is 17.5 Å². The van der Waals surface area contributed by atoms with Crippen molar-refractivity contribution in [3.05, 3.63) is 24.1 Å². The minimum absolute atomic E-state index is 0.484. The van der Waals surface area contributed by atoms with Crippen LogP contribution in [0.3, 0.4) is 0 Å². The van der Waals surface area contributed by atoms with E-state index >= 15 is 0 Å². The van der Waals surface area contributed by atoms with Gasteiger partial charge in [-0.3, -0.25) is 4.79 Å². The number of aliphatic carboxylic acids is 1. The molecule has 0 bridgehead atoms. The van der Waals surface area contributed by atoms with Crippen LogP contribution >= 0.6 is 0 Å². The highest BCUT2D eigenvalue weighted by Crippen LogP contribution is 2.11. The Kier molecular flexibility index (Phi) is 5.36. The fourth-order valence-corrected chi connectivity index (χ4v) is 3.27. The second kappa shape index (κ2) is 6.45. The number of sulfone groups is 1. The fraction of sp³-hybridized carbons (Fsp3) is 0.400. The van der Waals surface area contributed by atoms with Crippen molar-refractivity contribution in [1.29, 1.82) is 0 Å². The van der Waals surface area contributed by atoms with Gasteiger partial charge in [0.2, 0.25) is 5.03 Å². The number of pyridine rings is 1. The molecule has 11 heteroatoms. The zero-order valence-corrected chi connectivity index (χ0v) is 12.5. The normalized spacial score (nSPS) is 13.8. The van der Waals surface area contributed by atoms with E-state index in [-0.39, 0.29) is 0 Å². The molecule has 2 N–H and O–H groups in total. The van der Waals surface area contributed by atoms with Crippen LogP contribution in [-0.4, -0.2) is 50.9 Å². The lowest BCUT2D eigenvalue weighted by molar-refractivity contribution is -0.139. The molecule has 0 saturated carbocycles. The molecule has 0 saturated heterocycles. The van der Waals surface area contributed by atoms with Crippen LogP contribution in [0.1, 0.15) is 6.42 Å². The predicted molar refractivity (Wildman–Crippen MR) is 70.3 cm³/mol. The van der Waals surface area contributed by atoms with E-state index in [0.717, 1.165) is 18.5 Å². The Labute approximate surface area is 121 Å². The second-order valence-corrected chi connectivity index (χ2v) is 8.11. The maximum Gasteiger partial charge on any atom is 0.321 e. The zero-order valence-electron chi connectivity index (χ0n) is 10.9. The molecule has 1 rings (SSSR count). The summed E-state index contributed by atoms with van der Waals surface area (Å²) in [5.41, 5.74) is 0. The topological polar surface area (TPSA) is 130 Å². The van der Waals surface area contributed by atoms with Gasteiger partial charge in [0.1, 0.15) is 15.9 Å². The summed E-state index contributed by atoms with van der Waals surface area (Å²) in [5.74, 6) is -3.24. The van der Waals surface area contributed by atoms with E-state index in [0.29, 0.717) is 0 Å². The number of hydrogen-bond acceptors (Lipinski definition) is 6. The quantitative estimate of drug-likeness (QED) is 0.677. The lowest BCUT2D eigenvalue weighted by Gasteiger charge is -2.14. The molecule has 0 fully saturated rings. The molecule has 0 aliphatic rings. The predicted octanol–water partition coefficient (Wildman–Crippen LogP) is -0.613. The smallest absolute Gasteiger partial charge is 0.321 e. The molecule has 0 amide bonds. The van der Waals surface area contributed by atoms with Crippen molar-refractivity contribution in [3.63, 3.8) is 0 Å². The first-order valence-corrected chi connectivity index (χ1v) is 9.10. The molecule has 0 aliphatic carbocycles. The Bertz CT molecular complexity index is 732. The van der Waals surface area contributed by atoms with Crippen LogP contribution in [-0.2, 0) is 24.7 Å². The van der Waals surface area contributed by atoms with Gasteiger partial charge < -0.3 is 5.11 Å². The summed E-state index contributed by atoms with van der Waals surface area (Å²) < 4.78 is 60.9. The lowest BCUT2D eigenvalue weighted by Crippen LogP contribution is -2.42. The Hall–Kier alpha value is -1.59. The van der Waals surface area contributed by atoms with Gasteiger partial charge in [-0.2, -0.15) is 4.72 Å². The molecule has 8 nitrogen and oxygen atoms in total. The Morgan fingerprint density at radius 3 is 2.52 bits per heavy atom. The lowest BCUT2D eigenvalue weighted by atomic mass is 10.2. The van der Waals surface area contributed by atoms with Gasteiger partial charge in [-0.05, 0) is 18.6 Å². The summed E-state index contributed by atoms with van der Waals surface area (Å²) in [6, 6.07) is 0.326. The van der Waals surface area contributed by atoms with Gasteiger partial charge in [-0.1, -0.05) is 0 Å². The van der Waals surface area contributed by atoms with Crippen molar-refractivity contribution >= 4 is 25.8 Å². The van der Waals surface area contributed by atoms with Crippen LogP contribution in [0.2, 0.25) is 0 Å². The molecule has 1 aromatic rings. The van der Waals surface area contributed by atoms with E-state index in [1.54, 1.807) is 4.72 Å². The van der Waals surface area contributed by atoms with Crippen LogP contribution < -0.4 is 4.72 Å². The third kappa shape index (κ3) is 5.36. The maximum atomic E-state index is 13.4. The van der Waals surface area contributed by atoms with Gasteiger partial charge in [0.05, 0.1) is 5.75 Å². The molecule has 118 valence electrons. The number of carboxylic acids is 1. The number of carbonyl (C=O) groups is 1. The van der Waals surface area contributed by atoms with Crippen molar-refractivity contribution in [3.8, 4) is 0 Å². The Morgan fingerprint density at radius 2 is 2.05 bits per heavy atom. The summed E-state index contributed by atoms with van der Waals surface area (Å²) in [7, 11) is -7.98. The van der Waals surface area contributed by atoms with Crippen LogP contribution in [0.4, 0.5) is 4.39 Å². The highest BCUT2D eigenvalue weighted by molar-refractivity contribution is 7.90. The van der Waals surface area contributed by atoms with Crippen LogP contribution in [0.25, 0.3) is 0 Å². The fourth-order valence-electron chi connectivity index (χ4n) is 1.38. The van der Waals surface area contributed by atoms with Crippen LogP contribution in [0.15, 0.2) is 23.4 Å². The maximum absolute atomic E-state index is 13.4. The molecule has 0 spiro atoms. The van der Waals surface area contributed by atoms with Gasteiger partial charge in [-0.15, -0.1) is 0 Å². The summed E-state index contributed by atoms with van der Waals surface area (Å²) >= 11 is 0. The summed E-state index contributed by atoms with van der Waals surface area (Å²) in [6.45, 7) is 0. The molecule has 21 heavy (non-hydrogen) atoms. The van der Waals surface area contributed by atoms with E-state index in [4.69, 9.17) is 5.11 Å². The number of nitrogens with one attached hydrogen (secondary N) is 1. The number of nitrogens with zero attached hydrogens (tertiary/aromatic N) is 1. The van der Waals surface area contributed by atoms with Crippen molar-refractivity contribution in [1.82, 2.24) is 9.71 Å². The van der Waals surface area contributed by atoms with Gasteiger partial charge in [0.25, 0.3) is 10.0 Å². The van der Waals surface area contributed by atoms with E-state index in [2.05, 4.69) is 4.98 Å². The van der Waals surface area contributed by atoms with E-state index in [1.807, 2.05) is 0 Å². The number of carboxylic acid groups (broad SMARTS) is 1. The molecule has 0 aromatic carbocycles. The zero-order chi connectivity index (χ0) is 16.3. The molecular formula is C10H13FN2O6S2. The van der Waals surface area contributed by atoms with Gasteiger partial charge >= 0.3 is 5.97 Å². The molecule has 1 unspecified atom stereocenters. The minimum atomic E-state index is -4.51. The molecule has 0 radical (unpaired) electrons. The van der Waals surface area contributed by atoms with E-state index in [1.165, 1.54) is 6.07 Å². The van der Waals surface area contributed by atoms with Crippen molar-refractivity contribution in [2.75, 3.05) is 12.0 Å². The number of hydrogen-bond donors (Lipinski definition) is 2. The second-order valence-electron chi connectivity index (χ2n) is 4.22. The first-order chi connectivity index (χ1) is 9.53. The summed E-state index contributed by atoms with van der Waals surface area (Å²) in [5, 5.41) is 7.97. The number of halogens is 1. The van der Waals surface area contributed by atoms with Gasteiger partial charge in [-0.25, -0.2) is 26.2 Å². The monoisotopic (exact) mass is 340 g/mol. The van der Waals surface area contributed by atoms with Gasteiger partial charge in [0, 0.05) is 12.5 Å². The third-order valence-electron chi connectivity index (χ3n) is 2.35. The first kappa shape index (κ1) is 17.5. The van der Waals surface area contributed by atoms with Crippen molar-refractivity contribution in [2.24, 2.45) is 0 Å². The highest BCUT2D eigenvalue weighted by Gasteiger charge is 2.29. The standard InChI is InChI=1S/C10H13FN2O6S2/c1-20(16,17)6-4-8(10(14)15)13-21(18,19)9-7(11)3-2-5-12-9/h2-3,5,8,13H,4,6H2,1H3,(H,14,15). The molecular weight excluding hydrogens is 327 g/mol. The van der Waals surface area contributed by atoms with Gasteiger partial charge in [0.15, 0.2) is 5.82 Å². The first-order valence-electron chi connectivity index (χ1n) is 5.56. The average Bonchev–Trinajstić information content (AvgIpc) is 2.33. The minimum Gasteiger partial charge on any atom is -0.480 e. The van der Waals surface area contributed by atoms with Crippen LogP contribution in [0.5, 0.6) is 0 Å². The molecule has 1 heterocycles. The highest BCUT2D eigenvalue weighted by atomic mass is 32.2. The SMILES string of the molecule is CS(=O)(=O)CCC(NS(=O)(=O)c1ncccc1F)C(=O)O. The average molecular weight is 340 g/mol. The molecule has 1 atom stereocenters. The summed E-state index contributed by atoms with van der Waals surface area (Å²) in [6.07, 6.45) is 1.44. The summed E-state index contributed by atoms with van der Waals surface area (Å²) in [4.78, 5) is 14.3. The Morgan fingerprint density at radius 1 is 1.43 bits per heavy atom. The van der Waals surface area contributed by atoms with Crippen molar-refractivity contribution < 1.29 is 31.1 Å². The third-order valence-corrected chi connectivity index (χ3v) is 4.73.